The van der Waals surface area contributed by atoms with Crippen LogP contribution < -0.4 is 10.6 Å². The average Bonchev–Trinajstić information content (AvgIpc) is 2.55. The maximum Gasteiger partial charge on any atom is 0.133 e. The van der Waals surface area contributed by atoms with E-state index in [1.807, 2.05) is 24.3 Å². The molecule has 0 saturated heterocycles. The van der Waals surface area contributed by atoms with Crippen LogP contribution >= 0.6 is 0 Å². The molecule has 0 spiro atoms. The summed E-state index contributed by atoms with van der Waals surface area (Å²) in [5.41, 5.74) is 3.57. The summed E-state index contributed by atoms with van der Waals surface area (Å²) in [7, 11) is 0. The standard InChI is InChI=1S/C21H24FN3/c1-14-11-15(9-10-17(14)22)24-20-12-19(23-13-21(2,3)4)16-7-5-6-8-18(16)25-20/h5-12H,13H2,1-4H3,(H2,23,24,25). The lowest BCUT2D eigenvalue weighted by molar-refractivity contribution is 0.443. The molecule has 4 heteroatoms. The van der Waals surface area contributed by atoms with Gasteiger partial charge in [-0.1, -0.05) is 39.0 Å². The predicted molar refractivity (Wildman–Crippen MR) is 104 cm³/mol. The van der Waals surface area contributed by atoms with Crippen molar-refractivity contribution in [3.05, 3.63) is 59.9 Å². The first-order valence-corrected chi connectivity index (χ1v) is 8.49. The van der Waals surface area contributed by atoms with Gasteiger partial charge in [0.05, 0.1) is 5.52 Å². The van der Waals surface area contributed by atoms with Gasteiger partial charge >= 0.3 is 0 Å². The fraction of sp³-hybridized carbons (Fsp3) is 0.286. The smallest absolute Gasteiger partial charge is 0.133 e. The van der Waals surface area contributed by atoms with Gasteiger partial charge in [0.2, 0.25) is 0 Å². The van der Waals surface area contributed by atoms with E-state index in [0.717, 1.165) is 34.6 Å². The summed E-state index contributed by atoms with van der Waals surface area (Å²) in [5, 5.41) is 7.91. The molecule has 3 nitrogen and oxygen atoms in total. The highest BCUT2D eigenvalue weighted by Gasteiger charge is 2.12. The molecule has 0 unspecified atom stereocenters. The summed E-state index contributed by atoms with van der Waals surface area (Å²) >= 11 is 0. The van der Waals surface area contributed by atoms with E-state index in [2.05, 4.69) is 42.5 Å². The molecule has 0 aliphatic carbocycles. The van der Waals surface area contributed by atoms with E-state index < -0.39 is 0 Å². The summed E-state index contributed by atoms with van der Waals surface area (Å²) in [6, 6.07) is 15.1. The highest BCUT2D eigenvalue weighted by molar-refractivity contribution is 5.93. The van der Waals surface area contributed by atoms with Crippen molar-refractivity contribution in [2.45, 2.75) is 27.7 Å². The molecule has 0 radical (unpaired) electrons. The van der Waals surface area contributed by atoms with Crippen LogP contribution in [0.25, 0.3) is 10.9 Å². The lowest BCUT2D eigenvalue weighted by Gasteiger charge is -2.21. The van der Waals surface area contributed by atoms with Crippen LogP contribution in [0.4, 0.5) is 21.6 Å². The topological polar surface area (TPSA) is 37.0 Å². The van der Waals surface area contributed by atoms with E-state index >= 15 is 0 Å². The summed E-state index contributed by atoms with van der Waals surface area (Å²) < 4.78 is 13.5. The fourth-order valence-corrected chi connectivity index (χ4v) is 2.62. The summed E-state index contributed by atoms with van der Waals surface area (Å²) in [6.07, 6.45) is 0. The molecular weight excluding hydrogens is 313 g/mol. The third-order valence-corrected chi connectivity index (χ3v) is 3.96. The van der Waals surface area contributed by atoms with Crippen molar-refractivity contribution in [1.82, 2.24) is 4.98 Å². The van der Waals surface area contributed by atoms with Crippen LogP contribution in [0.1, 0.15) is 26.3 Å². The van der Waals surface area contributed by atoms with Gasteiger partial charge in [-0.2, -0.15) is 0 Å². The number of anilines is 3. The van der Waals surface area contributed by atoms with Gasteiger partial charge in [-0.05, 0) is 42.2 Å². The summed E-state index contributed by atoms with van der Waals surface area (Å²) in [4.78, 5) is 4.68. The van der Waals surface area contributed by atoms with Crippen molar-refractivity contribution in [1.29, 1.82) is 0 Å². The molecule has 0 saturated carbocycles. The number of para-hydroxylation sites is 1. The minimum atomic E-state index is -0.204. The van der Waals surface area contributed by atoms with Gasteiger partial charge in [-0.25, -0.2) is 9.37 Å². The Kier molecular flexibility index (Phi) is 4.62. The third kappa shape index (κ3) is 4.27. The lowest BCUT2D eigenvalue weighted by atomic mass is 9.97. The Morgan fingerprint density at radius 1 is 1.04 bits per heavy atom. The van der Waals surface area contributed by atoms with Gasteiger partial charge in [0.15, 0.2) is 0 Å². The first-order chi connectivity index (χ1) is 11.8. The molecule has 0 fully saturated rings. The van der Waals surface area contributed by atoms with Crippen molar-refractivity contribution >= 4 is 28.1 Å². The van der Waals surface area contributed by atoms with Crippen LogP contribution in [0.5, 0.6) is 0 Å². The molecule has 25 heavy (non-hydrogen) atoms. The molecule has 130 valence electrons. The molecule has 0 aliphatic rings. The molecule has 1 aromatic heterocycles. The molecule has 2 N–H and O–H groups in total. The minimum Gasteiger partial charge on any atom is -0.384 e. The zero-order chi connectivity index (χ0) is 18.0. The second-order valence-corrected chi connectivity index (χ2v) is 7.58. The number of benzene rings is 2. The maximum atomic E-state index is 13.5. The molecule has 0 atom stereocenters. The van der Waals surface area contributed by atoms with Gasteiger partial charge in [-0.3, -0.25) is 0 Å². The van der Waals surface area contributed by atoms with E-state index in [1.165, 1.54) is 6.07 Å². The number of aromatic nitrogens is 1. The minimum absolute atomic E-state index is 0.173. The van der Waals surface area contributed by atoms with Gasteiger partial charge < -0.3 is 10.6 Å². The highest BCUT2D eigenvalue weighted by Crippen LogP contribution is 2.28. The Morgan fingerprint density at radius 2 is 1.80 bits per heavy atom. The normalized spacial score (nSPS) is 11.6. The predicted octanol–water partition coefficient (Wildman–Crippen LogP) is 5.88. The number of hydrogen-bond donors (Lipinski definition) is 2. The van der Waals surface area contributed by atoms with Crippen molar-refractivity contribution in [3.63, 3.8) is 0 Å². The van der Waals surface area contributed by atoms with Gasteiger partial charge in [0.25, 0.3) is 0 Å². The van der Waals surface area contributed by atoms with Gasteiger partial charge in [-0.15, -0.1) is 0 Å². The summed E-state index contributed by atoms with van der Waals surface area (Å²) in [5.74, 6) is 0.533. The number of pyridine rings is 1. The van der Waals surface area contributed by atoms with Gasteiger partial charge in [0.1, 0.15) is 11.6 Å². The highest BCUT2D eigenvalue weighted by atomic mass is 19.1. The number of aryl methyl sites for hydroxylation is 1. The Balaban J connectivity index is 1.96. The number of nitrogens with one attached hydrogen (secondary N) is 2. The number of hydrogen-bond acceptors (Lipinski definition) is 3. The maximum absolute atomic E-state index is 13.5. The van der Waals surface area contributed by atoms with Crippen molar-refractivity contribution in [3.8, 4) is 0 Å². The molecule has 0 aliphatic heterocycles. The summed E-state index contributed by atoms with van der Waals surface area (Å²) in [6.45, 7) is 9.21. The third-order valence-electron chi connectivity index (χ3n) is 3.96. The SMILES string of the molecule is Cc1cc(Nc2cc(NCC(C)(C)C)c3ccccc3n2)ccc1F. The number of rotatable bonds is 4. The second kappa shape index (κ2) is 6.71. The molecular formula is C21H24FN3. The van der Waals surface area contributed by atoms with E-state index in [-0.39, 0.29) is 11.2 Å². The number of nitrogens with zero attached hydrogens (tertiary/aromatic N) is 1. The second-order valence-electron chi connectivity index (χ2n) is 7.58. The van der Waals surface area contributed by atoms with Crippen LogP contribution in [-0.4, -0.2) is 11.5 Å². The van der Waals surface area contributed by atoms with E-state index in [1.54, 1.807) is 19.1 Å². The van der Waals surface area contributed by atoms with Crippen molar-refractivity contribution in [2.24, 2.45) is 5.41 Å². The van der Waals surface area contributed by atoms with E-state index in [0.29, 0.717) is 5.56 Å². The fourth-order valence-electron chi connectivity index (χ4n) is 2.62. The Labute approximate surface area is 148 Å². The van der Waals surface area contributed by atoms with Crippen LogP contribution in [0.3, 0.4) is 0 Å². The first kappa shape index (κ1) is 17.2. The van der Waals surface area contributed by atoms with E-state index in [9.17, 15) is 4.39 Å². The monoisotopic (exact) mass is 337 g/mol. The van der Waals surface area contributed by atoms with Crippen molar-refractivity contribution in [2.75, 3.05) is 17.2 Å². The Hall–Kier alpha value is -2.62. The van der Waals surface area contributed by atoms with Crippen LogP contribution in [-0.2, 0) is 0 Å². The zero-order valence-electron chi connectivity index (χ0n) is 15.2. The van der Waals surface area contributed by atoms with Gasteiger partial charge in [0, 0.05) is 29.4 Å². The molecule has 0 amide bonds. The lowest BCUT2D eigenvalue weighted by Crippen LogP contribution is -2.19. The quantitative estimate of drug-likeness (QED) is 0.624. The van der Waals surface area contributed by atoms with Crippen LogP contribution in [0, 0.1) is 18.2 Å². The molecule has 1 heterocycles. The number of fused-ring (bicyclic) bond motifs is 1. The zero-order valence-corrected chi connectivity index (χ0v) is 15.2. The molecule has 2 aromatic carbocycles. The Morgan fingerprint density at radius 3 is 2.52 bits per heavy atom. The van der Waals surface area contributed by atoms with Crippen LogP contribution in [0.2, 0.25) is 0 Å². The Bertz CT molecular complexity index is 897. The molecule has 3 aromatic rings. The molecule has 0 bridgehead atoms. The van der Waals surface area contributed by atoms with Crippen LogP contribution in [0.15, 0.2) is 48.5 Å². The average molecular weight is 337 g/mol. The first-order valence-electron chi connectivity index (χ1n) is 8.49. The number of halogens is 1. The largest absolute Gasteiger partial charge is 0.384 e. The van der Waals surface area contributed by atoms with Crippen molar-refractivity contribution < 1.29 is 4.39 Å². The van der Waals surface area contributed by atoms with E-state index in [4.69, 9.17) is 0 Å². The molecule has 3 rings (SSSR count).